The van der Waals surface area contributed by atoms with E-state index >= 15 is 0 Å². The minimum atomic E-state index is -5.08. The van der Waals surface area contributed by atoms with Crippen LogP contribution in [-0.4, -0.2) is 144 Å². The van der Waals surface area contributed by atoms with Gasteiger partial charge in [0.25, 0.3) is 11.9 Å². The van der Waals surface area contributed by atoms with Crippen LogP contribution in [0.25, 0.3) is 0 Å². The molecule has 0 aromatic rings. The second-order valence-electron chi connectivity index (χ2n) is 9.74. The molecule has 0 aliphatic carbocycles. The highest BCUT2D eigenvalue weighted by atomic mass is 19.4. The zero-order chi connectivity index (χ0) is 35.2. The summed E-state index contributed by atoms with van der Waals surface area (Å²) < 4.78 is 78.2. The van der Waals surface area contributed by atoms with E-state index in [1.165, 1.54) is 55.2 Å². The molecule has 0 amide bonds. The van der Waals surface area contributed by atoms with Crippen LogP contribution >= 0.6 is 0 Å². The average molecular weight is 668 g/mol. The standard InChI is InChI=1S/C14H20O9.C6H15N.C5H12O3.C2HF3O2/c1-14(19-3)22-10-8-6(12(15)16)7(9(21-8)11(10)23-14)13(17)20-5-4-18-2;1-4-7(5-2)6-3;1-5(6-2,7-3)8-4;3-2(4,5)1(6)7/h6-11H,4-5H2,1-3H3,(H,15,16);4-6H2,1-3H3;1-4H3;(H,6,7)/t6?,7?,8-,9?,10+,11?,14?;;;/m0.../s1. The number of hydrogen-bond acceptors (Lipinski definition) is 13. The molecule has 3 aliphatic heterocycles. The summed E-state index contributed by atoms with van der Waals surface area (Å²) in [5.74, 6) is -8.65. The molecule has 2 bridgehead atoms. The van der Waals surface area contributed by atoms with Crippen molar-refractivity contribution in [2.24, 2.45) is 11.8 Å². The molecule has 266 valence electrons. The molecule has 15 nitrogen and oxygen atoms in total. The summed E-state index contributed by atoms with van der Waals surface area (Å²) in [6.07, 6.45) is -7.76. The van der Waals surface area contributed by atoms with Gasteiger partial charge in [0.2, 0.25) is 0 Å². The van der Waals surface area contributed by atoms with Crippen molar-refractivity contribution in [3.63, 3.8) is 0 Å². The van der Waals surface area contributed by atoms with E-state index in [-0.39, 0.29) is 13.2 Å². The number of fused-ring (bicyclic) bond motifs is 5. The van der Waals surface area contributed by atoms with Gasteiger partial charge in [0.15, 0.2) is 0 Å². The Morgan fingerprint density at radius 2 is 1.22 bits per heavy atom. The molecule has 7 atom stereocenters. The van der Waals surface area contributed by atoms with Crippen molar-refractivity contribution in [3.8, 4) is 0 Å². The summed E-state index contributed by atoms with van der Waals surface area (Å²) in [6.45, 7) is 13.7. The Kier molecular flexibility index (Phi) is 18.6. The van der Waals surface area contributed by atoms with Gasteiger partial charge in [-0.05, 0) is 19.6 Å². The van der Waals surface area contributed by atoms with Gasteiger partial charge in [-0.3, -0.25) is 9.59 Å². The molecule has 0 spiro atoms. The molecule has 0 aromatic carbocycles. The van der Waals surface area contributed by atoms with Gasteiger partial charge in [-0.15, -0.1) is 0 Å². The number of esters is 1. The highest BCUT2D eigenvalue weighted by Gasteiger charge is 2.70. The normalized spacial score (nSPS) is 28.1. The fraction of sp³-hybridized carbons (Fsp3) is 0.889. The second-order valence-corrected chi connectivity index (χ2v) is 9.74. The van der Waals surface area contributed by atoms with Crippen LogP contribution in [0.2, 0.25) is 0 Å². The molecule has 0 saturated carbocycles. The quantitative estimate of drug-likeness (QED) is 0.175. The smallest absolute Gasteiger partial charge is 0.481 e. The third-order valence-corrected chi connectivity index (χ3v) is 7.24. The van der Waals surface area contributed by atoms with Crippen molar-refractivity contribution in [2.45, 2.75) is 77.2 Å². The number of nitrogens with zero attached hydrogens (tertiary/aromatic N) is 1. The minimum absolute atomic E-state index is 0.0524. The Balaban J connectivity index is 0.000000722. The minimum Gasteiger partial charge on any atom is -0.481 e. The van der Waals surface area contributed by atoms with Crippen LogP contribution in [0.5, 0.6) is 0 Å². The number of carbonyl (C=O) groups is 3. The van der Waals surface area contributed by atoms with Gasteiger partial charge in [0.1, 0.15) is 42.9 Å². The van der Waals surface area contributed by atoms with Crippen molar-refractivity contribution in [1.29, 1.82) is 0 Å². The molecule has 0 radical (unpaired) electrons. The van der Waals surface area contributed by atoms with Gasteiger partial charge < -0.3 is 57.7 Å². The lowest BCUT2D eigenvalue weighted by Crippen LogP contribution is -2.50. The maximum Gasteiger partial charge on any atom is 0.490 e. The van der Waals surface area contributed by atoms with Crippen LogP contribution in [0.1, 0.15) is 34.6 Å². The van der Waals surface area contributed by atoms with Gasteiger partial charge in [-0.1, -0.05) is 20.8 Å². The topological polar surface area (TPSA) is 178 Å². The van der Waals surface area contributed by atoms with Crippen molar-refractivity contribution < 1.29 is 80.4 Å². The Labute approximate surface area is 261 Å². The third kappa shape index (κ3) is 12.5. The van der Waals surface area contributed by atoms with Crippen molar-refractivity contribution in [2.75, 3.05) is 68.4 Å². The number of carboxylic acids is 2. The van der Waals surface area contributed by atoms with E-state index in [4.69, 9.17) is 52.5 Å². The molecule has 3 aliphatic rings. The van der Waals surface area contributed by atoms with E-state index in [2.05, 4.69) is 25.7 Å². The summed E-state index contributed by atoms with van der Waals surface area (Å²) in [4.78, 5) is 35.2. The zero-order valence-electron chi connectivity index (χ0n) is 27.4. The maximum absolute atomic E-state index is 12.3. The highest BCUT2D eigenvalue weighted by molar-refractivity contribution is 5.83. The maximum atomic E-state index is 12.3. The number of hydrogen-bond donors (Lipinski definition) is 2. The first kappa shape index (κ1) is 42.8. The van der Waals surface area contributed by atoms with Gasteiger partial charge in [0.05, 0.1) is 6.61 Å². The molecule has 3 heterocycles. The Bertz CT molecular complexity index is 889. The first-order valence-corrected chi connectivity index (χ1v) is 14.0. The van der Waals surface area contributed by atoms with Crippen LogP contribution < -0.4 is 0 Å². The summed E-state index contributed by atoms with van der Waals surface area (Å²) in [7, 11) is 7.47. The largest absolute Gasteiger partial charge is 0.490 e. The zero-order valence-corrected chi connectivity index (χ0v) is 27.4. The average Bonchev–Trinajstić information content (AvgIpc) is 3.67. The summed E-state index contributed by atoms with van der Waals surface area (Å²) >= 11 is 0. The van der Waals surface area contributed by atoms with Crippen LogP contribution in [0.15, 0.2) is 0 Å². The van der Waals surface area contributed by atoms with Crippen LogP contribution in [0.4, 0.5) is 13.2 Å². The van der Waals surface area contributed by atoms with Gasteiger partial charge in [0, 0.05) is 49.4 Å². The molecular weight excluding hydrogens is 619 g/mol. The Morgan fingerprint density at radius 3 is 1.49 bits per heavy atom. The molecule has 45 heavy (non-hydrogen) atoms. The van der Waals surface area contributed by atoms with Crippen molar-refractivity contribution in [3.05, 3.63) is 0 Å². The molecule has 0 aromatic heterocycles. The number of methoxy groups -OCH3 is 5. The van der Waals surface area contributed by atoms with Crippen LogP contribution in [-0.2, 0) is 57.0 Å². The van der Waals surface area contributed by atoms with Gasteiger partial charge in [-0.25, -0.2) is 4.79 Å². The predicted octanol–water partition coefficient (Wildman–Crippen LogP) is 1.96. The van der Waals surface area contributed by atoms with E-state index in [0.717, 1.165) is 0 Å². The number of ether oxygens (including phenoxy) is 9. The first-order valence-electron chi connectivity index (χ1n) is 14.0. The van der Waals surface area contributed by atoms with Crippen molar-refractivity contribution in [1.82, 2.24) is 4.90 Å². The Morgan fingerprint density at radius 1 is 0.800 bits per heavy atom. The van der Waals surface area contributed by atoms with Crippen LogP contribution in [0.3, 0.4) is 0 Å². The molecule has 2 N–H and O–H groups in total. The van der Waals surface area contributed by atoms with E-state index in [0.29, 0.717) is 0 Å². The molecular formula is C27H48F3NO14. The lowest BCUT2D eigenvalue weighted by molar-refractivity contribution is -0.340. The molecule has 3 rings (SSSR count). The molecule has 3 saturated heterocycles. The van der Waals surface area contributed by atoms with Crippen molar-refractivity contribution >= 4 is 17.9 Å². The van der Waals surface area contributed by atoms with E-state index in [1.54, 1.807) is 13.8 Å². The number of halogens is 3. The van der Waals surface area contributed by atoms with E-state index in [9.17, 15) is 27.9 Å². The third-order valence-electron chi connectivity index (χ3n) is 7.24. The molecule has 18 heteroatoms. The fourth-order valence-electron chi connectivity index (χ4n) is 4.40. The lowest BCUT2D eigenvalue weighted by Gasteiger charge is -2.28. The lowest BCUT2D eigenvalue weighted by atomic mass is 9.76. The number of alkyl halides is 3. The highest BCUT2D eigenvalue weighted by Crippen LogP contribution is 2.51. The Hall–Kier alpha value is -2.16. The molecule has 5 unspecified atom stereocenters. The fourth-order valence-corrected chi connectivity index (χ4v) is 4.40. The SMILES string of the molecule is CCN(CC)CC.COC(C)(OC)OC.COCCOC(=O)C1C2O[C@@H](C1C(=O)O)[C@H]1OC(C)(OC)OC21.O=C(O)C(F)(F)F. The summed E-state index contributed by atoms with van der Waals surface area (Å²) in [5, 5.41) is 16.6. The number of aliphatic carboxylic acids is 2. The van der Waals surface area contributed by atoms with Crippen LogP contribution in [0, 0.1) is 11.8 Å². The first-order chi connectivity index (χ1) is 20.9. The van der Waals surface area contributed by atoms with Gasteiger partial charge >= 0.3 is 24.1 Å². The predicted molar refractivity (Wildman–Crippen MR) is 148 cm³/mol. The number of carbonyl (C=O) groups excluding carboxylic acids is 1. The van der Waals surface area contributed by atoms with E-state index < -0.39 is 72.3 Å². The summed E-state index contributed by atoms with van der Waals surface area (Å²) in [6, 6.07) is 0. The number of carboxylic acid groups (broad SMARTS) is 2. The molecule has 3 fully saturated rings. The summed E-state index contributed by atoms with van der Waals surface area (Å²) in [5.41, 5.74) is 0. The van der Waals surface area contributed by atoms with E-state index in [1.807, 2.05) is 0 Å². The van der Waals surface area contributed by atoms with Gasteiger partial charge in [-0.2, -0.15) is 13.2 Å². The number of rotatable bonds is 12. The second kappa shape index (κ2) is 19.5. The monoisotopic (exact) mass is 667 g/mol.